The minimum atomic E-state index is -0.0399. The van der Waals surface area contributed by atoms with Gasteiger partial charge in [0, 0.05) is 18.2 Å². The smallest absolute Gasteiger partial charge is 0.173 e. The van der Waals surface area contributed by atoms with Crippen molar-refractivity contribution in [2.75, 3.05) is 33.5 Å². The van der Waals surface area contributed by atoms with Gasteiger partial charge in [-0.3, -0.25) is 4.79 Å². The van der Waals surface area contributed by atoms with E-state index >= 15 is 0 Å². The molecule has 0 saturated heterocycles. The number of ether oxygens (including phenoxy) is 2. The summed E-state index contributed by atoms with van der Waals surface area (Å²) in [6, 6.07) is 8.54. The zero-order valence-electron chi connectivity index (χ0n) is 15.2. The Labute approximate surface area is 148 Å². The molecule has 2 unspecified atom stereocenters. The molecule has 0 amide bonds. The van der Waals surface area contributed by atoms with Gasteiger partial charge < -0.3 is 14.8 Å². The van der Waals surface area contributed by atoms with E-state index in [1.807, 2.05) is 33.0 Å². The normalized spacial score (nSPS) is 10.9. The van der Waals surface area contributed by atoms with Crippen LogP contribution in [0, 0.1) is 11.8 Å². The fraction of sp³-hybridized carbons (Fsp3) is 0.526. The number of benzene rings is 1. The fourth-order valence-corrected chi connectivity index (χ4v) is 1.84. The van der Waals surface area contributed by atoms with Crippen molar-refractivity contribution in [2.24, 2.45) is 0 Å². The van der Waals surface area contributed by atoms with Crippen molar-refractivity contribution in [1.29, 1.82) is 0 Å². The molecule has 1 aromatic rings. The summed E-state index contributed by atoms with van der Waals surface area (Å²) < 4.78 is 10.5. The van der Waals surface area contributed by atoms with Crippen LogP contribution >= 0.6 is 9.24 Å². The predicted molar refractivity (Wildman–Crippen MR) is 103 cm³/mol. The van der Waals surface area contributed by atoms with Gasteiger partial charge in [0.15, 0.2) is 5.52 Å². The summed E-state index contributed by atoms with van der Waals surface area (Å²) >= 11 is 0. The standard InChI is InChI=1S/C17H24NO3P.C2H6/c1-14(18-2)16-8-6-15(7-9-16)5-3-10-20-11-4-12-21-13-17(19)22;1-2/h6-9,14,18H,4,10-13,22H2,1-2H3;1-2H3. The molecule has 1 N–H and O–H groups in total. The Balaban J connectivity index is 0.00000254. The summed E-state index contributed by atoms with van der Waals surface area (Å²) in [6.07, 6.45) is 0.760. The van der Waals surface area contributed by atoms with Gasteiger partial charge in [-0.05, 0) is 38.1 Å². The van der Waals surface area contributed by atoms with E-state index in [2.05, 4.69) is 45.5 Å². The highest BCUT2D eigenvalue weighted by Gasteiger charge is 2.00. The lowest BCUT2D eigenvalue weighted by atomic mass is 10.1. The third-order valence-corrected chi connectivity index (χ3v) is 3.24. The second-order valence-corrected chi connectivity index (χ2v) is 5.50. The topological polar surface area (TPSA) is 47.6 Å². The Morgan fingerprint density at radius 3 is 2.42 bits per heavy atom. The van der Waals surface area contributed by atoms with E-state index in [1.165, 1.54) is 5.56 Å². The van der Waals surface area contributed by atoms with Crippen LogP contribution in [0.25, 0.3) is 0 Å². The molecule has 0 fully saturated rings. The minimum absolute atomic E-state index is 0.0399. The fourth-order valence-electron chi connectivity index (χ4n) is 1.72. The van der Waals surface area contributed by atoms with Crippen LogP contribution in [0.1, 0.15) is 44.4 Å². The van der Waals surface area contributed by atoms with Crippen LogP contribution in [0.5, 0.6) is 0 Å². The van der Waals surface area contributed by atoms with Crippen LogP contribution in [-0.4, -0.2) is 39.0 Å². The summed E-state index contributed by atoms with van der Waals surface area (Å²) in [4.78, 5) is 10.6. The van der Waals surface area contributed by atoms with Gasteiger partial charge in [0.1, 0.15) is 13.2 Å². The van der Waals surface area contributed by atoms with Crippen LogP contribution in [0.2, 0.25) is 0 Å². The van der Waals surface area contributed by atoms with E-state index in [4.69, 9.17) is 9.47 Å². The van der Waals surface area contributed by atoms with Crippen LogP contribution in [0.4, 0.5) is 0 Å². The Bertz CT molecular complexity index is 506. The van der Waals surface area contributed by atoms with Crippen LogP contribution in [-0.2, 0) is 14.3 Å². The van der Waals surface area contributed by atoms with Gasteiger partial charge in [0.2, 0.25) is 0 Å². The molecule has 0 aromatic heterocycles. The SMILES string of the molecule is CC.CNC(C)c1ccc(C#CCOCCCOCC(=O)P)cc1. The van der Waals surface area contributed by atoms with Gasteiger partial charge in [-0.2, -0.15) is 0 Å². The second kappa shape index (κ2) is 15.3. The predicted octanol–water partition coefficient (Wildman–Crippen LogP) is 3.17. The first kappa shape index (κ1) is 22.8. The van der Waals surface area contributed by atoms with Crippen molar-refractivity contribution in [3.8, 4) is 11.8 Å². The molecule has 0 saturated carbocycles. The Morgan fingerprint density at radius 2 is 1.83 bits per heavy atom. The van der Waals surface area contributed by atoms with E-state index in [-0.39, 0.29) is 12.1 Å². The number of carbonyl (C=O) groups excluding carboxylic acids is 1. The van der Waals surface area contributed by atoms with Gasteiger partial charge in [-0.1, -0.05) is 47.1 Å². The molecule has 0 aliphatic rings. The Hall–Kier alpha value is -1.24. The number of hydrogen-bond acceptors (Lipinski definition) is 4. The molecular formula is C19H30NO3P. The van der Waals surface area contributed by atoms with Gasteiger partial charge in [0.25, 0.3) is 0 Å². The maximum absolute atomic E-state index is 10.6. The van der Waals surface area contributed by atoms with E-state index in [0.29, 0.717) is 25.9 Å². The summed E-state index contributed by atoms with van der Waals surface area (Å²) in [5, 5.41) is 3.20. The molecule has 134 valence electrons. The van der Waals surface area contributed by atoms with Crippen molar-refractivity contribution in [2.45, 2.75) is 33.2 Å². The lowest BCUT2D eigenvalue weighted by Gasteiger charge is -2.09. The molecule has 2 atom stereocenters. The lowest BCUT2D eigenvalue weighted by molar-refractivity contribution is -0.115. The molecule has 4 nitrogen and oxygen atoms in total. The van der Waals surface area contributed by atoms with E-state index in [0.717, 1.165) is 12.0 Å². The van der Waals surface area contributed by atoms with Crippen molar-refractivity contribution in [3.63, 3.8) is 0 Å². The first-order valence-electron chi connectivity index (χ1n) is 8.33. The maximum Gasteiger partial charge on any atom is 0.173 e. The lowest BCUT2D eigenvalue weighted by Crippen LogP contribution is -2.11. The van der Waals surface area contributed by atoms with Crippen molar-refractivity contribution in [1.82, 2.24) is 5.32 Å². The first-order valence-corrected chi connectivity index (χ1v) is 8.91. The Morgan fingerprint density at radius 1 is 1.21 bits per heavy atom. The van der Waals surface area contributed by atoms with Crippen molar-refractivity contribution < 1.29 is 14.3 Å². The quantitative estimate of drug-likeness (QED) is 0.422. The number of carbonyl (C=O) groups is 1. The van der Waals surface area contributed by atoms with E-state index in [9.17, 15) is 4.79 Å². The average Bonchev–Trinajstić information content (AvgIpc) is 2.61. The monoisotopic (exact) mass is 351 g/mol. The zero-order valence-corrected chi connectivity index (χ0v) is 16.4. The molecule has 5 heteroatoms. The number of hydrogen-bond donors (Lipinski definition) is 1. The van der Waals surface area contributed by atoms with E-state index in [1.54, 1.807) is 0 Å². The van der Waals surface area contributed by atoms with Crippen molar-refractivity contribution in [3.05, 3.63) is 35.4 Å². The largest absolute Gasteiger partial charge is 0.373 e. The summed E-state index contributed by atoms with van der Waals surface area (Å²) in [5.74, 6) is 6.06. The molecule has 24 heavy (non-hydrogen) atoms. The number of nitrogens with one attached hydrogen (secondary N) is 1. The summed E-state index contributed by atoms with van der Waals surface area (Å²) in [6.45, 7) is 7.77. The molecular weight excluding hydrogens is 321 g/mol. The average molecular weight is 351 g/mol. The van der Waals surface area contributed by atoms with Gasteiger partial charge in [-0.15, -0.1) is 0 Å². The third-order valence-electron chi connectivity index (χ3n) is 3.07. The highest BCUT2D eigenvalue weighted by molar-refractivity contribution is 7.40. The van der Waals surface area contributed by atoms with Gasteiger partial charge in [-0.25, -0.2) is 0 Å². The summed E-state index contributed by atoms with van der Waals surface area (Å²) in [7, 11) is 4.03. The first-order chi connectivity index (χ1) is 11.6. The molecule has 1 rings (SSSR count). The van der Waals surface area contributed by atoms with E-state index < -0.39 is 0 Å². The molecule has 0 aliphatic heterocycles. The molecule has 0 heterocycles. The van der Waals surface area contributed by atoms with Gasteiger partial charge >= 0.3 is 0 Å². The highest BCUT2D eigenvalue weighted by Crippen LogP contribution is 2.11. The van der Waals surface area contributed by atoms with Crippen LogP contribution < -0.4 is 5.32 Å². The molecule has 1 aromatic carbocycles. The molecule has 0 spiro atoms. The third kappa shape index (κ3) is 11.3. The Kier molecular flexibility index (Phi) is 14.5. The maximum atomic E-state index is 10.6. The summed E-state index contributed by atoms with van der Waals surface area (Å²) in [5.41, 5.74) is 2.19. The second-order valence-electron chi connectivity index (χ2n) is 4.86. The van der Waals surface area contributed by atoms with Crippen LogP contribution in [0.15, 0.2) is 24.3 Å². The van der Waals surface area contributed by atoms with Gasteiger partial charge in [0.05, 0.1) is 6.61 Å². The number of rotatable bonds is 9. The molecule has 0 bridgehead atoms. The minimum Gasteiger partial charge on any atom is -0.373 e. The molecule has 0 aliphatic carbocycles. The highest BCUT2D eigenvalue weighted by atomic mass is 31.0. The van der Waals surface area contributed by atoms with Crippen molar-refractivity contribution >= 4 is 14.8 Å². The zero-order chi connectivity index (χ0) is 18.2. The molecule has 0 radical (unpaired) electrons. The van der Waals surface area contributed by atoms with Crippen LogP contribution in [0.3, 0.4) is 0 Å².